The predicted molar refractivity (Wildman–Crippen MR) is 71.0 cm³/mol. The molecule has 94 valence electrons. The lowest BCUT2D eigenvalue weighted by Gasteiger charge is -2.31. The van der Waals surface area contributed by atoms with Gasteiger partial charge in [-0.25, -0.2) is 0 Å². The fourth-order valence-electron chi connectivity index (χ4n) is 2.79. The SMILES string of the molecule is Cc1ccccc1[C@@H](C)N[C@H]1CCCC[C@@H]1O. The van der Waals surface area contributed by atoms with Gasteiger partial charge in [0.1, 0.15) is 0 Å². The highest BCUT2D eigenvalue weighted by Gasteiger charge is 2.24. The van der Waals surface area contributed by atoms with Gasteiger partial charge in [-0.2, -0.15) is 0 Å². The van der Waals surface area contributed by atoms with Crippen LogP contribution in [-0.4, -0.2) is 17.3 Å². The van der Waals surface area contributed by atoms with Crippen molar-refractivity contribution in [2.75, 3.05) is 0 Å². The van der Waals surface area contributed by atoms with E-state index in [1.54, 1.807) is 0 Å². The zero-order valence-corrected chi connectivity index (χ0v) is 10.8. The lowest BCUT2D eigenvalue weighted by molar-refractivity contribution is 0.0859. The Morgan fingerprint density at radius 1 is 1.24 bits per heavy atom. The van der Waals surface area contributed by atoms with E-state index in [4.69, 9.17) is 0 Å². The summed E-state index contributed by atoms with van der Waals surface area (Å²) in [4.78, 5) is 0. The van der Waals surface area contributed by atoms with Crippen molar-refractivity contribution in [3.05, 3.63) is 35.4 Å². The van der Waals surface area contributed by atoms with E-state index in [2.05, 4.69) is 43.4 Å². The Labute approximate surface area is 104 Å². The fraction of sp³-hybridized carbons (Fsp3) is 0.600. The second-order valence-electron chi connectivity index (χ2n) is 5.20. The molecule has 17 heavy (non-hydrogen) atoms. The Bertz CT molecular complexity index is 364. The van der Waals surface area contributed by atoms with Gasteiger partial charge >= 0.3 is 0 Å². The molecule has 0 unspecified atom stereocenters. The van der Waals surface area contributed by atoms with Crippen molar-refractivity contribution in [3.8, 4) is 0 Å². The van der Waals surface area contributed by atoms with E-state index < -0.39 is 0 Å². The molecule has 2 heteroatoms. The van der Waals surface area contributed by atoms with Crippen LogP contribution in [0, 0.1) is 6.92 Å². The Morgan fingerprint density at radius 3 is 2.65 bits per heavy atom. The first-order valence-electron chi connectivity index (χ1n) is 6.68. The average Bonchev–Trinajstić information content (AvgIpc) is 2.32. The van der Waals surface area contributed by atoms with E-state index >= 15 is 0 Å². The first-order chi connectivity index (χ1) is 8.18. The van der Waals surface area contributed by atoms with E-state index in [0.29, 0.717) is 6.04 Å². The van der Waals surface area contributed by atoms with E-state index in [-0.39, 0.29) is 12.1 Å². The number of rotatable bonds is 3. The third-order valence-electron chi connectivity index (χ3n) is 3.85. The van der Waals surface area contributed by atoms with Gasteiger partial charge in [0.05, 0.1) is 6.10 Å². The third kappa shape index (κ3) is 3.08. The standard InChI is InChI=1S/C15H23NO/c1-11-7-3-4-8-13(11)12(2)16-14-9-5-6-10-15(14)17/h3-4,7-8,12,14-17H,5-6,9-10H2,1-2H3/t12-,14+,15+/m1/s1. The quantitative estimate of drug-likeness (QED) is 0.841. The van der Waals surface area contributed by atoms with Crippen molar-refractivity contribution in [2.45, 2.75) is 57.7 Å². The van der Waals surface area contributed by atoms with Crippen LogP contribution in [0.4, 0.5) is 0 Å². The maximum Gasteiger partial charge on any atom is 0.0693 e. The molecule has 0 spiro atoms. The van der Waals surface area contributed by atoms with Gasteiger partial charge in [0.15, 0.2) is 0 Å². The molecule has 1 aromatic rings. The summed E-state index contributed by atoms with van der Waals surface area (Å²) in [5.74, 6) is 0. The molecule has 1 aromatic carbocycles. The van der Waals surface area contributed by atoms with E-state index in [0.717, 1.165) is 19.3 Å². The molecule has 1 fully saturated rings. The zero-order valence-electron chi connectivity index (χ0n) is 10.8. The van der Waals surface area contributed by atoms with E-state index in [9.17, 15) is 5.11 Å². The van der Waals surface area contributed by atoms with Gasteiger partial charge in [0.25, 0.3) is 0 Å². The fourth-order valence-corrected chi connectivity index (χ4v) is 2.79. The van der Waals surface area contributed by atoms with Crippen molar-refractivity contribution in [2.24, 2.45) is 0 Å². The topological polar surface area (TPSA) is 32.3 Å². The maximum absolute atomic E-state index is 9.97. The summed E-state index contributed by atoms with van der Waals surface area (Å²) in [5.41, 5.74) is 2.66. The van der Waals surface area contributed by atoms with Gasteiger partial charge in [-0.3, -0.25) is 0 Å². The number of nitrogens with one attached hydrogen (secondary N) is 1. The largest absolute Gasteiger partial charge is 0.392 e. The van der Waals surface area contributed by atoms with Crippen LogP contribution in [0.25, 0.3) is 0 Å². The van der Waals surface area contributed by atoms with Crippen LogP contribution < -0.4 is 5.32 Å². The number of aliphatic hydroxyl groups is 1. The first-order valence-corrected chi connectivity index (χ1v) is 6.68. The number of hydrogen-bond donors (Lipinski definition) is 2. The van der Waals surface area contributed by atoms with Crippen molar-refractivity contribution < 1.29 is 5.11 Å². The van der Waals surface area contributed by atoms with Crippen LogP contribution >= 0.6 is 0 Å². The highest BCUT2D eigenvalue weighted by Crippen LogP contribution is 2.23. The maximum atomic E-state index is 9.97. The lowest BCUT2D eigenvalue weighted by Crippen LogP contribution is -2.43. The van der Waals surface area contributed by atoms with Gasteiger partial charge < -0.3 is 10.4 Å². The van der Waals surface area contributed by atoms with Crippen LogP contribution in [0.2, 0.25) is 0 Å². The molecule has 1 saturated carbocycles. The molecule has 1 aliphatic rings. The van der Waals surface area contributed by atoms with Gasteiger partial charge in [0.2, 0.25) is 0 Å². The smallest absolute Gasteiger partial charge is 0.0693 e. The zero-order chi connectivity index (χ0) is 12.3. The molecule has 0 saturated heterocycles. The third-order valence-corrected chi connectivity index (χ3v) is 3.85. The van der Waals surface area contributed by atoms with Crippen LogP contribution in [0.15, 0.2) is 24.3 Å². The molecule has 2 nitrogen and oxygen atoms in total. The summed E-state index contributed by atoms with van der Waals surface area (Å²) in [6.07, 6.45) is 4.26. The Balaban J connectivity index is 2.01. The minimum atomic E-state index is -0.171. The van der Waals surface area contributed by atoms with Gasteiger partial charge in [-0.1, -0.05) is 37.1 Å². The second kappa shape index (κ2) is 5.65. The molecule has 0 aromatic heterocycles. The summed E-state index contributed by atoms with van der Waals surface area (Å²) in [6.45, 7) is 4.33. The molecule has 0 bridgehead atoms. The number of benzene rings is 1. The number of aryl methyl sites for hydroxylation is 1. The van der Waals surface area contributed by atoms with Crippen LogP contribution in [0.1, 0.15) is 49.8 Å². The Hall–Kier alpha value is -0.860. The molecule has 1 aliphatic carbocycles. The van der Waals surface area contributed by atoms with Crippen LogP contribution in [0.3, 0.4) is 0 Å². The summed E-state index contributed by atoms with van der Waals surface area (Å²) in [6, 6.07) is 9.04. The molecule has 0 amide bonds. The summed E-state index contributed by atoms with van der Waals surface area (Å²) < 4.78 is 0. The van der Waals surface area contributed by atoms with Gasteiger partial charge in [-0.05, 0) is 37.8 Å². The lowest BCUT2D eigenvalue weighted by atomic mass is 9.91. The number of hydrogen-bond acceptors (Lipinski definition) is 2. The van der Waals surface area contributed by atoms with Crippen molar-refractivity contribution >= 4 is 0 Å². The molecule has 2 rings (SSSR count). The molecule has 2 N–H and O–H groups in total. The van der Waals surface area contributed by atoms with Crippen molar-refractivity contribution in [3.63, 3.8) is 0 Å². The Morgan fingerprint density at radius 2 is 1.94 bits per heavy atom. The normalized spacial score (nSPS) is 26.8. The van der Waals surface area contributed by atoms with Gasteiger partial charge in [-0.15, -0.1) is 0 Å². The predicted octanol–water partition coefficient (Wildman–Crippen LogP) is 2.95. The Kier molecular flexibility index (Phi) is 4.19. The van der Waals surface area contributed by atoms with E-state index in [1.807, 2.05) is 0 Å². The molecule has 0 radical (unpaired) electrons. The highest BCUT2D eigenvalue weighted by molar-refractivity contribution is 5.28. The summed E-state index contributed by atoms with van der Waals surface area (Å²) >= 11 is 0. The molecule has 0 heterocycles. The summed E-state index contributed by atoms with van der Waals surface area (Å²) in [7, 11) is 0. The molecule has 0 aliphatic heterocycles. The minimum absolute atomic E-state index is 0.171. The second-order valence-corrected chi connectivity index (χ2v) is 5.20. The average molecular weight is 233 g/mol. The summed E-state index contributed by atoms with van der Waals surface area (Å²) in [5, 5.41) is 13.5. The first kappa shape index (κ1) is 12.6. The van der Waals surface area contributed by atoms with Crippen molar-refractivity contribution in [1.29, 1.82) is 0 Å². The monoisotopic (exact) mass is 233 g/mol. The number of aliphatic hydroxyl groups excluding tert-OH is 1. The van der Waals surface area contributed by atoms with Crippen LogP contribution in [-0.2, 0) is 0 Å². The highest BCUT2D eigenvalue weighted by atomic mass is 16.3. The molecular weight excluding hydrogens is 210 g/mol. The molecule has 3 atom stereocenters. The van der Waals surface area contributed by atoms with Crippen molar-refractivity contribution in [1.82, 2.24) is 5.32 Å². The van der Waals surface area contributed by atoms with E-state index in [1.165, 1.54) is 17.5 Å². The van der Waals surface area contributed by atoms with Crippen LogP contribution in [0.5, 0.6) is 0 Å². The molecular formula is C15H23NO. The minimum Gasteiger partial charge on any atom is -0.392 e. The van der Waals surface area contributed by atoms with Gasteiger partial charge in [0, 0.05) is 12.1 Å².